The van der Waals surface area contributed by atoms with E-state index >= 15 is 0 Å². The molecule has 0 aromatic rings. The van der Waals surface area contributed by atoms with Crippen LogP contribution in [0.4, 0.5) is 26.3 Å². The number of ether oxygens (including phenoxy) is 3. The van der Waals surface area contributed by atoms with Crippen LogP contribution < -0.4 is 0 Å². The van der Waals surface area contributed by atoms with Crippen LogP contribution in [0.2, 0.25) is 0 Å². The van der Waals surface area contributed by atoms with Crippen LogP contribution >= 0.6 is 0 Å². The van der Waals surface area contributed by atoms with Crippen molar-refractivity contribution in [3.05, 3.63) is 0 Å². The highest BCUT2D eigenvalue weighted by Crippen LogP contribution is 2.42. The lowest BCUT2D eigenvalue weighted by molar-refractivity contribution is -0.221. The summed E-state index contributed by atoms with van der Waals surface area (Å²) in [5, 5.41) is 0. The van der Waals surface area contributed by atoms with Crippen LogP contribution in [0.25, 0.3) is 0 Å². The summed E-state index contributed by atoms with van der Waals surface area (Å²) in [6.07, 6.45) is -9.53. The van der Waals surface area contributed by atoms with Crippen molar-refractivity contribution in [2.75, 3.05) is 0 Å². The van der Waals surface area contributed by atoms with Crippen LogP contribution in [0.15, 0.2) is 0 Å². The van der Waals surface area contributed by atoms with Gasteiger partial charge in [0.25, 0.3) is 0 Å². The second-order valence-corrected chi connectivity index (χ2v) is 9.36. The molecule has 0 N–H and O–H groups in total. The van der Waals surface area contributed by atoms with Crippen molar-refractivity contribution in [2.24, 2.45) is 0 Å². The molecule has 28 heavy (non-hydrogen) atoms. The van der Waals surface area contributed by atoms with E-state index in [4.69, 9.17) is 14.2 Å². The Morgan fingerprint density at radius 2 is 1.43 bits per heavy atom. The summed E-state index contributed by atoms with van der Waals surface area (Å²) in [5.41, 5.74) is -11.7. The van der Waals surface area contributed by atoms with E-state index in [2.05, 4.69) is 8.37 Å². The van der Waals surface area contributed by atoms with E-state index in [-0.39, 0.29) is 0 Å². The zero-order valence-corrected chi connectivity index (χ0v) is 15.8. The molecule has 0 unspecified atom stereocenters. The third kappa shape index (κ3) is 4.54. The quantitative estimate of drug-likeness (QED) is 0.335. The van der Waals surface area contributed by atoms with Gasteiger partial charge < -0.3 is 14.2 Å². The Labute approximate surface area is 155 Å². The van der Waals surface area contributed by atoms with Crippen LogP contribution in [0.1, 0.15) is 20.8 Å². The summed E-state index contributed by atoms with van der Waals surface area (Å²) >= 11 is 0. The molecular formula is C11H14F6O9S2. The average molecular weight is 468 g/mol. The van der Waals surface area contributed by atoms with Gasteiger partial charge in [-0.05, 0) is 20.8 Å². The molecule has 5 atom stereocenters. The molecule has 2 heterocycles. The van der Waals surface area contributed by atoms with E-state index < -0.39 is 67.7 Å². The van der Waals surface area contributed by atoms with Crippen LogP contribution in [0, 0.1) is 0 Å². The third-order valence-electron chi connectivity index (χ3n) is 3.57. The normalized spacial score (nSPS) is 32.3. The van der Waals surface area contributed by atoms with E-state index in [1.807, 2.05) is 0 Å². The van der Waals surface area contributed by atoms with Crippen molar-refractivity contribution < 1.29 is 65.8 Å². The maximum absolute atomic E-state index is 12.6. The second kappa shape index (κ2) is 6.92. The fourth-order valence-corrected chi connectivity index (χ4v) is 3.74. The maximum atomic E-state index is 12.6. The van der Waals surface area contributed by atoms with E-state index in [0.717, 1.165) is 0 Å². The molecule has 0 saturated carbocycles. The Morgan fingerprint density at radius 3 is 1.89 bits per heavy atom. The van der Waals surface area contributed by atoms with Gasteiger partial charge in [0.1, 0.15) is 24.4 Å². The number of hydrogen-bond donors (Lipinski definition) is 0. The molecule has 2 saturated heterocycles. The molecule has 9 nitrogen and oxygen atoms in total. The molecule has 2 fully saturated rings. The molecule has 2 aliphatic rings. The Kier molecular flexibility index (Phi) is 5.82. The maximum Gasteiger partial charge on any atom is 0.523 e. The predicted octanol–water partition coefficient (Wildman–Crippen LogP) is 1.35. The van der Waals surface area contributed by atoms with E-state index in [0.29, 0.717) is 6.92 Å². The number of alkyl halides is 6. The molecule has 0 radical (unpaired) electrons. The van der Waals surface area contributed by atoms with Gasteiger partial charge in [-0.1, -0.05) is 0 Å². The number of rotatable bonds is 5. The molecule has 17 heteroatoms. The van der Waals surface area contributed by atoms with Gasteiger partial charge in [-0.15, -0.1) is 0 Å². The standard InChI is InChI=1S/C11H14F6O9S2/c1-4(25-27(18,19)10(12,13)14)5-6(26-28(20,21)11(15,16)17)7-8(22-5)24-9(2,3)23-7/h4-8H,1-3H3/t4-,5-,6-,7-,8-/m1/s1. The van der Waals surface area contributed by atoms with Gasteiger partial charge in [0.15, 0.2) is 12.1 Å². The molecular weight excluding hydrogens is 454 g/mol. The van der Waals surface area contributed by atoms with Gasteiger partial charge in [-0.3, -0.25) is 8.37 Å². The van der Waals surface area contributed by atoms with Crippen molar-refractivity contribution in [3.63, 3.8) is 0 Å². The highest BCUT2D eigenvalue weighted by molar-refractivity contribution is 7.87. The first kappa shape index (κ1) is 23.6. The van der Waals surface area contributed by atoms with Crippen molar-refractivity contribution in [3.8, 4) is 0 Å². The predicted molar refractivity (Wildman–Crippen MR) is 74.1 cm³/mol. The largest absolute Gasteiger partial charge is 0.523 e. The Balaban J connectivity index is 2.32. The van der Waals surface area contributed by atoms with Gasteiger partial charge >= 0.3 is 31.3 Å². The highest BCUT2D eigenvalue weighted by atomic mass is 32.2. The fourth-order valence-electron chi connectivity index (χ4n) is 2.50. The first-order chi connectivity index (χ1) is 12.3. The van der Waals surface area contributed by atoms with Crippen molar-refractivity contribution >= 4 is 20.2 Å². The molecule has 166 valence electrons. The Bertz CT molecular complexity index is 803. The van der Waals surface area contributed by atoms with Gasteiger partial charge in [0.2, 0.25) is 0 Å². The lowest BCUT2D eigenvalue weighted by Gasteiger charge is -2.28. The lowest BCUT2D eigenvalue weighted by atomic mass is 10.1. The zero-order chi connectivity index (χ0) is 21.9. The van der Waals surface area contributed by atoms with Gasteiger partial charge in [0.05, 0.1) is 0 Å². The first-order valence-corrected chi connectivity index (χ1v) is 10.1. The summed E-state index contributed by atoms with van der Waals surface area (Å²) in [6.45, 7) is 3.30. The molecule has 0 aromatic heterocycles. The summed E-state index contributed by atoms with van der Waals surface area (Å²) < 4.78 is 144. The molecule has 0 bridgehead atoms. The van der Waals surface area contributed by atoms with Gasteiger partial charge in [-0.2, -0.15) is 43.2 Å². The fraction of sp³-hybridized carbons (Fsp3) is 1.00. The minimum absolute atomic E-state index is 0.705. The topological polar surface area (TPSA) is 114 Å². The number of halogens is 6. The summed E-state index contributed by atoms with van der Waals surface area (Å²) in [5.74, 6) is -1.45. The molecule has 2 aliphatic heterocycles. The van der Waals surface area contributed by atoms with Gasteiger partial charge in [-0.25, -0.2) is 0 Å². The number of fused-ring (bicyclic) bond motifs is 1. The van der Waals surface area contributed by atoms with Crippen LogP contribution in [-0.4, -0.2) is 64.3 Å². The van der Waals surface area contributed by atoms with E-state index in [1.54, 1.807) is 0 Å². The van der Waals surface area contributed by atoms with E-state index in [1.165, 1.54) is 13.8 Å². The van der Waals surface area contributed by atoms with Gasteiger partial charge in [0, 0.05) is 0 Å². The third-order valence-corrected chi connectivity index (χ3v) is 5.74. The summed E-state index contributed by atoms with van der Waals surface area (Å²) in [4.78, 5) is 0. The lowest BCUT2D eigenvalue weighted by Crippen LogP contribution is -2.46. The Morgan fingerprint density at radius 1 is 0.929 bits per heavy atom. The molecule has 0 amide bonds. The summed E-state index contributed by atoms with van der Waals surface area (Å²) in [7, 11) is -12.4. The zero-order valence-electron chi connectivity index (χ0n) is 14.1. The van der Waals surface area contributed by atoms with Crippen LogP contribution in [-0.2, 0) is 42.8 Å². The molecule has 0 aromatic carbocycles. The minimum atomic E-state index is -6.24. The minimum Gasteiger partial charge on any atom is -0.341 e. The summed E-state index contributed by atoms with van der Waals surface area (Å²) in [6, 6.07) is 0. The average Bonchev–Trinajstić information content (AvgIpc) is 2.89. The number of hydrogen-bond acceptors (Lipinski definition) is 9. The second-order valence-electron chi connectivity index (χ2n) is 6.23. The van der Waals surface area contributed by atoms with Crippen LogP contribution in [0.5, 0.6) is 0 Å². The van der Waals surface area contributed by atoms with Crippen molar-refractivity contribution in [2.45, 2.75) is 68.3 Å². The van der Waals surface area contributed by atoms with Crippen molar-refractivity contribution in [1.82, 2.24) is 0 Å². The molecule has 0 aliphatic carbocycles. The Hall–Kier alpha value is -0.720. The van der Waals surface area contributed by atoms with E-state index in [9.17, 15) is 43.2 Å². The van der Waals surface area contributed by atoms with Crippen LogP contribution in [0.3, 0.4) is 0 Å². The highest BCUT2D eigenvalue weighted by Gasteiger charge is 2.62. The molecule has 2 rings (SSSR count). The smallest absolute Gasteiger partial charge is 0.341 e. The first-order valence-electron chi connectivity index (χ1n) is 7.28. The monoisotopic (exact) mass is 468 g/mol. The molecule has 0 spiro atoms. The van der Waals surface area contributed by atoms with Crippen molar-refractivity contribution in [1.29, 1.82) is 0 Å². The SMILES string of the molecule is C[C@@H](OS(=O)(=O)C(F)(F)F)[C@H]1O[C@@H]2OC(C)(C)O[C@@H]2[C@@H]1OS(=O)(=O)C(F)(F)F.